The van der Waals surface area contributed by atoms with E-state index in [-0.39, 0.29) is 24.2 Å². The molecule has 1 heterocycles. The standard InChI is InChI=1S/C14H19N3OS.ClH/c1-7(2)11(15)13(18)17-14-16-12-9(4)5-8(3)6-10(12)19-14;/h5-7,11H,15H2,1-4H3,(H,16,17,18);1H/t11-;/m0./s1. The van der Waals surface area contributed by atoms with Crippen LogP contribution in [-0.2, 0) is 4.79 Å². The number of hydrogen-bond acceptors (Lipinski definition) is 4. The van der Waals surface area contributed by atoms with Crippen molar-refractivity contribution < 1.29 is 4.79 Å². The monoisotopic (exact) mass is 313 g/mol. The van der Waals surface area contributed by atoms with Gasteiger partial charge in [0.2, 0.25) is 5.91 Å². The lowest BCUT2D eigenvalue weighted by atomic mass is 10.1. The molecule has 0 aliphatic rings. The molecule has 2 rings (SSSR count). The lowest BCUT2D eigenvalue weighted by Crippen LogP contribution is -2.39. The van der Waals surface area contributed by atoms with Crippen LogP contribution in [0.2, 0.25) is 0 Å². The van der Waals surface area contributed by atoms with Gasteiger partial charge in [-0.15, -0.1) is 12.4 Å². The van der Waals surface area contributed by atoms with E-state index in [1.165, 1.54) is 16.9 Å². The van der Waals surface area contributed by atoms with Gasteiger partial charge in [0.15, 0.2) is 5.13 Å². The van der Waals surface area contributed by atoms with Gasteiger partial charge in [-0.05, 0) is 37.0 Å². The Morgan fingerprint density at radius 2 is 2.00 bits per heavy atom. The third-order valence-electron chi connectivity index (χ3n) is 3.08. The van der Waals surface area contributed by atoms with E-state index in [0.717, 1.165) is 15.8 Å². The zero-order chi connectivity index (χ0) is 14.2. The number of aromatic nitrogens is 1. The quantitative estimate of drug-likeness (QED) is 0.914. The van der Waals surface area contributed by atoms with Crippen LogP contribution in [0.1, 0.15) is 25.0 Å². The number of nitrogens with zero attached hydrogens (tertiary/aromatic N) is 1. The summed E-state index contributed by atoms with van der Waals surface area (Å²) in [4.78, 5) is 16.4. The van der Waals surface area contributed by atoms with Gasteiger partial charge >= 0.3 is 0 Å². The lowest BCUT2D eigenvalue weighted by Gasteiger charge is -2.13. The smallest absolute Gasteiger partial charge is 0.243 e. The number of hydrogen-bond donors (Lipinski definition) is 2. The van der Waals surface area contributed by atoms with Crippen molar-refractivity contribution in [3.8, 4) is 0 Å². The molecule has 0 aliphatic heterocycles. The first kappa shape index (κ1) is 16.9. The number of anilines is 1. The minimum Gasteiger partial charge on any atom is -0.320 e. The van der Waals surface area contributed by atoms with Crippen LogP contribution < -0.4 is 11.1 Å². The molecule has 1 amide bonds. The van der Waals surface area contributed by atoms with E-state index < -0.39 is 6.04 Å². The molecular formula is C14H20ClN3OS. The van der Waals surface area contributed by atoms with Crippen molar-refractivity contribution in [2.24, 2.45) is 11.7 Å². The number of nitrogens with one attached hydrogen (secondary N) is 1. The first-order valence-electron chi connectivity index (χ1n) is 6.32. The Bertz CT molecular complexity index is 624. The fraction of sp³-hybridized carbons (Fsp3) is 0.429. The Labute approximate surface area is 129 Å². The van der Waals surface area contributed by atoms with Gasteiger partial charge in [0.05, 0.1) is 16.3 Å². The highest BCUT2D eigenvalue weighted by molar-refractivity contribution is 7.22. The zero-order valence-electron chi connectivity index (χ0n) is 12.1. The molecule has 0 fully saturated rings. The maximum Gasteiger partial charge on any atom is 0.243 e. The average molecular weight is 314 g/mol. The van der Waals surface area contributed by atoms with Crippen LogP contribution >= 0.6 is 23.7 Å². The van der Waals surface area contributed by atoms with E-state index in [2.05, 4.69) is 29.4 Å². The van der Waals surface area contributed by atoms with E-state index >= 15 is 0 Å². The number of carbonyl (C=O) groups is 1. The molecule has 4 nitrogen and oxygen atoms in total. The summed E-state index contributed by atoms with van der Waals surface area (Å²) >= 11 is 1.48. The molecule has 1 aromatic carbocycles. The predicted octanol–water partition coefficient (Wildman–Crippen LogP) is 3.26. The zero-order valence-corrected chi connectivity index (χ0v) is 13.7. The Morgan fingerprint density at radius 3 is 2.60 bits per heavy atom. The van der Waals surface area contributed by atoms with Gasteiger partial charge < -0.3 is 11.1 Å². The van der Waals surface area contributed by atoms with Crippen LogP contribution in [0, 0.1) is 19.8 Å². The SMILES string of the molecule is Cc1cc(C)c2nc(NC(=O)[C@@H](N)C(C)C)sc2c1.Cl. The molecule has 0 bridgehead atoms. The molecule has 6 heteroatoms. The van der Waals surface area contributed by atoms with Crippen LogP contribution in [0.5, 0.6) is 0 Å². The van der Waals surface area contributed by atoms with E-state index in [1.54, 1.807) is 0 Å². The van der Waals surface area contributed by atoms with Gasteiger partial charge in [-0.2, -0.15) is 0 Å². The summed E-state index contributed by atoms with van der Waals surface area (Å²) < 4.78 is 1.09. The Balaban J connectivity index is 0.00000200. The summed E-state index contributed by atoms with van der Waals surface area (Å²) in [5.41, 5.74) is 9.09. The van der Waals surface area contributed by atoms with Gasteiger partial charge in [0, 0.05) is 0 Å². The second-order valence-electron chi connectivity index (χ2n) is 5.21. The minimum absolute atomic E-state index is 0. The van der Waals surface area contributed by atoms with Gasteiger partial charge in [0.25, 0.3) is 0 Å². The van der Waals surface area contributed by atoms with Gasteiger partial charge in [-0.25, -0.2) is 4.98 Å². The van der Waals surface area contributed by atoms with Crippen LogP contribution in [0.15, 0.2) is 12.1 Å². The molecule has 110 valence electrons. The lowest BCUT2D eigenvalue weighted by molar-refractivity contribution is -0.118. The van der Waals surface area contributed by atoms with Crippen molar-refractivity contribution >= 4 is 45.0 Å². The molecule has 2 aromatic rings. The summed E-state index contributed by atoms with van der Waals surface area (Å²) in [6, 6.07) is 3.67. The Kier molecular flexibility index (Phi) is 5.50. The molecule has 0 saturated carbocycles. The molecule has 0 aliphatic carbocycles. The highest BCUT2D eigenvalue weighted by Crippen LogP contribution is 2.29. The van der Waals surface area contributed by atoms with Crippen molar-refractivity contribution in [3.05, 3.63) is 23.3 Å². The first-order chi connectivity index (χ1) is 8.88. The Morgan fingerprint density at radius 1 is 1.35 bits per heavy atom. The van der Waals surface area contributed by atoms with Crippen LogP contribution in [-0.4, -0.2) is 16.9 Å². The molecule has 0 unspecified atom stereocenters. The number of rotatable bonds is 3. The van der Waals surface area contributed by atoms with E-state index in [0.29, 0.717) is 5.13 Å². The largest absolute Gasteiger partial charge is 0.320 e. The highest BCUT2D eigenvalue weighted by Gasteiger charge is 2.18. The number of nitrogens with two attached hydrogens (primary N) is 1. The van der Waals surface area contributed by atoms with E-state index in [4.69, 9.17) is 5.73 Å². The normalized spacial score (nSPS) is 12.3. The molecule has 1 aromatic heterocycles. The van der Waals surface area contributed by atoms with Gasteiger partial charge in [-0.3, -0.25) is 4.79 Å². The fourth-order valence-electron chi connectivity index (χ4n) is 1.92. The number of fused-ring (bicyclic) bond motifs is 1. The van der Waals surface area contributed by atoms with Crippen LogP contribution in [0.25, 0.3) is 10.2 Å². The molecule has 20 heavy (non-hydrogen) atoms. The van der Waals surface area contributed by atoms with Crippen molar-refractivity contribution in [1.82, 2.24) is 4.98 Å². The molecule has 0 radical (unpaired) electrons. The third-order valence-corrected chi connectivity index (χ3v) is 4.00. The summed E-state index contributed by atoms with van der Waals surface area (Å²) in [7, 11) is 0. The van der Waals surface area contributed by atoms with Gasteiger partial charge in [-0.1, -0.05) is 31.3 Å². The van der Waals surface area contributed by atoms with Crippen molar-refractivity contribution in [2.75, 3.05) is 5.32 Å². The first-order valence-corrected chi connectivity index (χ1v) is 7.14. The third kappa shape index (κ3) is 3.48. The summed E-state index contributed by atoms with van der Waals surface area (Å²) in [5.74, 6) is -0.0678. The highest BCUT2D eigenvalue weighted by atomic mass is 35.5. The molecule has 3 N–H and O–H groups in total. The summed E-state index contributed by atoms with van der Waals surface area (Å²) in [5, 5.41) is 3.42. The fourth-order valence-corrected chi connectivity index (χ4v) is 2.96. The summed E-state index contributed by atoms with van der Waals surface area (Å²) in [6.45, 7) is 7.94. The van der Waals surface area contributed by atoms with E-state index in [9.17, 15) is 4.79 Å². The van der Waals surface area contributed by atoms with E-state index in [1.807, 2.05) is 20.8 Å². The second-order valence-corrected chi connectivity index (χ2v) is 6.24. The topological polar surface area (TPSA) is 68.0 Å². The van der Waals surface area contributed by atoms with Crippen molar-refractivity contribution in [1.29, 1.82) is 0 Å². The number of benzene rings is 1. The van der Waals surface area contributed by atoms with Crippen molar-refractivity contribution in [2.45, 2.75) is 33.7 Å². The van der Waals surface area contributed by atoms with Crippen LogP contribution in [0.3, 0.4) is 0 Å². The number of amides is 1. The molecule has 1 atom stereocenters. The number of aryl methyl sites for hydroxylation is 2. The minimum atomic E-state index is -0.505. The maximum absolute atomic E-state index is 11.9. The number of thiazole rings is 1. The number of carbonyl (C=O) groups excluding carboxylic acids is 1. The molecular weight excluding hydrogens is 294 g/mol. The predicted molar refractivity (Wildman–Crippen MR) is 87.8 cm³/mol. The summed E-state index contributed by atoms with van der Waals surface area (Å²) in [6.07, 6.45) is 0. The number of halogens is 1. The second kappa shape index (κ2) is 6.52. The molecule has 0 spiro atoms. The Hall–Kier alpha value is -1.17. The van der Waals surface area contributed by atoms with Crippen LogP contribution in [0.4, 0.5) is 5.13 Å². The average Bonchev–Trinajstić information content (AvgIpc) is 2.70. The van der Waals surface area contributed by atoms with Crippen molar-refractivity contribution in [3.63, 3.8) is 0 Å². The van der Waals surface area contributed by atoms with Gasteiger partial charge in [0.1, 0.15) is 0 Å². The maximum atomic E-state index is 11.9. The molecule has 0 saturated heterocycles.